The van der Waals surface area contributed by atoms with Crippen LogP contribution < -0.4 is 4.74 Å². The molecule has 0 saturated heterocycles. The quantitative estimate of drug-likeness (QED) is 0.751. The average Bonchev–Trinajstić information content (AvgIpc) is 2.34. The minimum atomic E-state index is -0.213. The third-order valence-corrected chi connectivity index (χ3v) is 3.79. The van der Waals surface area contributed by atoms with Crippen molar-refractivity contribution in [2.45, 2.75) is 52.1 Å². The Kier molecular flexibility index (Phi) is 4.03. The van der Waals surface area contributed by atoms with E-state index in [-0.39, 0.29) is 11.9 Å². The zero-order valence-corrected chi connectivity index (χ0v) is 10.7. The van der Waals surface area contributed by atoms with Crippen molar-refractivity contribution in [1.82, 2.24) is 0 Å². The van der Waals surface area contributed by atoms with Gasteiger partial charge in [0.05, 0.1) is 0 Å². The number of ether oxygens (including phenoxy) is 1. The standard InChI is InChI=1S/C15H21FO/c1-3-12-6-4-5-7-14(12)17-15-10-13(16)9-8-11(15)2/h8-10,12,14H,3-7H2,1-2H3. The van der Waals surface area contributed by atoms with E-state index in [9.17, 15) is 4.39 Å². The summed E-state index contributed by atoms with van der Waals surface area (Å²) in [7, 11) is 0. The molecule has 0 N–H and O–H groups in total. The molecule has 2 unspecified atom stereocenters. The van der Waals surface area contributed by atoms with Crippen molar-refractivity contribution in [3.05, 3.63) is 29.6 Å². The van der Waals surface area contributed by atoms with Crippen LogP contribution in [0.2, 0.25) is 0 Å². The summed E-state index contributed by atoms with van der Waals surface area (Å²) in [6.45, 7) is 4.18. The normalized spacial score (nSPS) is 24.6. The third-order valence-electron chi connectivity index (χ3n) is 3.79. The SMILES string of the molecule is CCC1CCCCC1Oc1cc(F)ccc1C. The molecular weight excluding hydrogens is 215 g/mol. The second kappa shape index (κ2) is 5.52. The Morgan fingerprint density at radius 3 is 2.82 bits per heavy atom. The lowest BCUT2D eigenvalue weighted by Gasteiger charge is -2.31. The molecule has 0 bridgehead atoms. The molecule has 1 nitrogen and oxygen atoms in total. The van der Waals surface area contributed by atoms with Gasteiger partial charge in [-0.3, -0.25) is 0 Å². The molecule has 0 aliphatic heterocycles. The molecule has 0 spiro atoms. The highest BCUT2D eigenvalue weighted by molar-refractivity contribution is 5.32. The molecule has 2 atom stereocenters. The van der Waals surface area contributed by atoms with Crippen LogP contribution in [-0.4, -0.2) is 6.10 Å². The molecule has 17 heavy (non-hydrogen) atoms. The van der Waals surface area contributed by atoms with Crippen molar-refractivity contribution in [3.8, 4) is 5.75 Å². The Labute approximate surface area is 103 Å². The van der Waals surface area contributed by atoms with Crippen LogP contribution in [-0.2, 0) is 0 Å². The molecule has 1 aromatic carbocycles. The molecule has 94 valence electrons. The van der Waals surface area contributed by atoms with Gasteiger partial charge in [-0.15, -0.1) is 0 Å². The van der Waals surface area contributed by atoms with Crippen LogP contribution in [0.3, 0.4) is 0 Å². The van der Waals surface area contributed by atoms with E-state index < -0.39 is 0 Å². The summed E-state index contributed by atoms with van der Waals surface area (Å²) in [5, 5.41) is 0. The third kappa shape index (κ3) is 2.99. The number of rotatable bonds is 3. The van der Waals surface area contributed by atoms with Gasteiger partial charge in [0.15, 0.2) is 0 Å². The number of hydrogen-bond acceptors (Lipinski definition) is 1. The van der Waals surface area contributed by atoms with Gasteiger partial charge in [0.2, 0.25) is 0 Å². The van der Waals surface area contributed by atoms with Gasteiger partial charge < -0.3 is 4.74 Å². The van der Waals surface area contributed by atoms with Crippen molar-refractivity contribution in [2.75, 3.05) is 0 Å². The van der Waals surface area contributed by atoms with Crippen LogP contribution >= 0.6 is 0 Å². The Morgan fingerprint density at radius 1 is 1.29 bits per heavy atom. The molecule has 1 fully saturated rings. The zero-order chi connectivity index (χ0) is 12.3. The fraction of sp³-hybridized carbons (Fsp3) is 0.600. The van der Waals surface area contributed by atoms with E-state index in [0.29, 0.717) is 5.92 Å². The maximum absolute atomic E-state index is 13.2. The molecule has 0 amide bonds. The Balaban J connectivity index is 2.10. The van der Waals surface area contributed by atoms with Gasteiger partial charge in [0.25, 0.3) is 0 Å². The van der Waals surface area contributed by atoms with Crippen LogP contribution in [0.15, 0.2) is 18.2 Å². The van der Waals surface area contributed by atoms with Crippen molar-refractivity contribution >= 4 is 0 Å². The maximum atomic E-state index is 13.2. The lowest BCUT2D eigenvalue weighted by Crippen LogP contribution is -2.30. The topological polar surface area (TPSA) is 9.23 Å². The van der Waals surface area contributed by atoms with Gasteiger partial charge in [-0.2, -0.15) is 0 Å². The summed E-state index contributed by atoms with van der Waals surface area (Å²) in [6.07, 6.45) is 6.31. The molecule has 0 radical (unpaired) electrons. The van der Waals surface area contributed by atoms with E-state index in [1.165, 1.54) is 31.4 Å². The minimum Gasteiger partial charge on any atom is -0.490 e. The Bertz CT molecular complexity index is 375. The Hall–Kier alpha value is -1.05. The van der Waals surface area contributed by atoms with Gasteiger partial charge in [0, 0.05) is 6.07 Å². The summed E-state index contributed by atoms with van der Waals surface area (Å²) < 4.78 is 19.2. The monoisotopic (exact) mass is 236 g/mol. The molecular formula is C15H21FO. The molecule has 0 aromatic heterocycles. The van der Waals surface area contributed by atoms with Crippen molar-refractivity contribution < 1.29 is 9.13 Å². The summed E-state index contributed by atoms with van der Waals surface area (Å²) in [4.78, 5) is 0. The smallest absolute Gasteiger partial charge is 0.126 e. The Morgan fingerprint density at radius 2 is 2.06 bits per heavy atom. The van der Waals surface area contributed by atoms with Gasteiger partial charge in [-0.05, 0) is 50.2 Å². The first-order valence-electron chi connectivity index (χ1n) is 6.63. The van der Waals surface area contributed by atoms with Crippen LogP contribution in [0.4, 0.5) is 4.39 Å². The number of benzene rings is 1. The molecule has 1 aliphatic carbocycles. The van der Waals surface area contributed by atoms with Gasteiger partial charge in [0.1, 0.15) is 17.7 Å². The van der Waals surface area contributed by atoms with Crippen molar-refractivity contribution in [2.24, 2.45) is 5.92 Å². The first kappa shape index (κ1) is 12.4. The fourth-order valence-electron chi connectivity index (χ4n) is 2.66. The number of halogens is 1. The van der Waals surface area contributed by atoms with E-state index >= 15 is 0 Å². The maximum Gasteiger partial charge on any atom is 0.126 e. The molecule has 0 heterocycles. The zero-order valence-electron chi connectivity index (χ0n) is 10.7. The fourth-order valence-corrected chi connectivity index (χ4v) is 2.66. The first-order valence-corrected chi connectivity index (χ1v) is 6.63. The van der Waals surface area contributed by atoms with Crippen LogP contribution in [0.5, 0.6) is 5.75 Å². The lowest BCUT2D eigenvalue weighted by molar-refractivity contribution is 0.0894. The van der Waals surface area contributed by atoms with E-state index in [2.05, 4.69) is 6.92 Å². The predicted octanol–water partition coefficient (Wildman–Crippen LogP) is 4.48. The second-order valence-corrected chi connectivity index (χ2v) is 5.02. The molecule has 1 aromatic rings. The largest absolute Gasteiger partial charge is 0.490 e. The highest BCUT2D eigenvalue weighted by atomic mass is 19.1. The first-order chi connectivity index (χ1) is 8.20. The summed E-state index contributed by atoms with van der Waals surface area (Å²) >= 11 is 0. The lowest BCUT2D eigenvalue weighted by atomic mass is 9.84. The van der Waals surface area contributed by atoms with Crippen molar-refractivity contribution in [3.63, 3.8) is 0 Å². The van der Waals surface area contributed by atoms with Crippen molar-refractivity contribution in [1.29, 1.82) is 0 Å². The molecule has 1 saturated carbocycles. The van der Waals surface area contributed by atoms with Gasteiger partial charge >= 0.3 is 0 Å². The summed E-state index contributed by atoms with van der Waals surface area (Å²) in [5.74, 6) is 1.14. The van der Waals surface area contributed by atoms with E-state index in [4.69, 9.17) is 4.74 Å². The predicted molar refractivity (Wildman–Crippen MR) is 67.8 cm³/mol. The highest BCUT2D eigenvalue weighted by Crippen LogP contribution is 2.31. The molecule has 1 aliphatic rings. The van der Waals surface area contributed by atoms with Gasteiger partial charge in [-0.25, -0.2) is 4.39 Å². The van der Waals surface area contributed by atoms with Gasteiger partial charge in [-0.1, -0.05) is 19.4 Å². The second-order valence-electron chi connectivity index (χ2n) is 5.02. The van der Waals surface area contributed by atoms with Crippen LogP contribution in [0.25, 0.3) is 0 Å². The summed E-state index contributed by atoms with van der Waals surface area (Å²) in [5.41, 5.74) is 1.02. The number of hydrogen-bond donors (Lipinski definition) is 0. The molecule has 2 rings (SSSR count). The highest BCUT2D eigenvalue weighted by Gasteiger charge is 2.25. The average molecular weight is 236 g/mol. The van der Waals surface area contributed by atoms with E-state index in [1.54, 1.807) is 6.07 Å². The molecule has 2 heteroatoms. The van der Waals surface area contributed by atoms with E-state index in [1.807, 2.05) is 6.92 Å². The minimum absolute atomic E-state index is 0.213. The van der Waals surface area contributed by atoms with E-state index in [0.717, 1.165) is 24.2 Å². The van der Waals surface area contributed by atoms with Crippen LogP contribution in [0.1, 0.15) is 44.6 Å². The van der Waals surface area contributed by atoms with Crippen LogP contribution in [0, 0.1) is 18.7 Å². The number of aryl methyl sites for hydroxylation is 1. The summed E-state index contributed by atoms with van der Waals surface area (Å²) in [6, 6.07) is 4.78.